The average molecular weight is 440 g/mol. The number of hydrogen-bond donors (Lipinski definition) is 0. The van der Waals surface area contributed by atoms with Crippen molar-refractivity contribution in [2.75, 3.05) is 38.6 Å². The van der Waals surface area contributed by atoms with E-state index < -0.39 is 11.6 Å². The molecule has 8 heteroatoms. The fraction of sp³-hybridized carbons (Fsp3) is 0.333. The van der Waals surface area contributed by atoms with E-state index in [1.807, 2.05) is 11.0 Å². The number of anilines is 1. The average Bonchev–Trinajstić information content (AvgIpc) is 3.30. The number of halogens is 3. The van der Waals surface area contributed by atoms with Gasteiger partial charge < -0.3 is 14.7 Å². The third-order valence-electron chi connectivity index (χ3n) is 6.56. The Kier molecular flexibility index (Phi) is 4.95. The topological polar surface area (TPSA) is 39.7 Å². The molecule has 0 unspecified atom stereocenters. The van der Waals surface area contributed by atoms with Gasteiger partial charge in [-0.3, -0.25) is 4.98 Å². The number of carbonyl (C=O) groups is 1. The molecular formula is C24H23F3N4O. The normalized spacial score (nSPS) is 22.5. The highest BCUT2D eigenvalue weighted by molar-refractivity contribution is 5.92. The molecule has 3 heterocycles. The first-order valence-corrected chi connectivity index (χ1v) is 10.6. The van der Waals surface area contributed by atoms with Crippen LogP contribution in [0.5, 0.6) is 0 Å². The zero-order valence-electron chi connectivity index (χ0n) is 17.8. The van der Waals surface area contributed by atoms with E-state index in [1.165, 1.54) is 29.3 Å². The number of likely N-dealkylation sites (tertiary alicyclic amines) is 1. The molecule has 32 heavy (non-hydrogen) atoms. The summed E-state index contributed by atoms with van der Waals surface area (Å²) in [6, 6.07) is 9.90. The summed E-state index contributed by atoms with van der Waals surface area (Å²) in [6.45, 7) is 1.75. The van der Waals surface area contributed by atoms with Gasteiger partial charge in [-0.15, -0.1) is 0 Å². The molecule has 2 aliphatic heterocycles. The maximum Gasteiger partial charge on any atom is 0.320 e. The number of urea groups is 1. The van der Waals surface area contributed by atoms with Gasteiger partial charge in [0.25, 0.3) is 0 Å². The van der Waals surface area contributed by atoms with Crippen molar-refractivity contribution >= 4 is 22.6 Å². The smallest absolute Gasteiger partial charge is 0.320 e. The SMILES string of the molecule is CN(C)C(=O)N1C[C@H]2CN(c3ccnc4c(F)cc(F)cc34)C[C@H]2[C@H]1c1cccc(F)c1. The van der Waals surface area contributed by atoms with Crippen LogP contribution in [0, 0.1) is 29.3 Å². The number of carbonyl (C=O) groups excluding carboxylic acids is 1. The molecule has 0 saturated carbocycles. The molecule has 0 spiro atoms. The van der Waals surface area contributed by atoms with Crippen LogP contribution in [0.1, 0.15) is 11.6 Å². The summed E-state index contributed by atoms with van der Waals surface area (Å²) >= 11 is 0. The second-order valence-corrected chi connectivity index (χ2v) is 8.77. The monoisotopic (exact) mass is 440 g/mol. The number of rotatable bonds is 2. The van der Waals surface area contributed by atoms with Gasteiger partial charge >= 0.3 is 6.03 Å². The maximum absolute atomic E-state index is 14.3. The molecule has 0 aliphatic carbocycles. The Morgan fingerprint density at radius 1 is 1.03 bits per heavy atom. The van der Waals surface area contributed by atoms with E-state index in [4.69, 9.17) is 0 Å². The van der Waals surface area contributed by atoms with Gasteiger partial charge in [0.15, 0.2) is 5.82 Å². The van der Waals surface area contributed by atoms with Gasteiger partial charge in [-0.25, -0.2) is 18.0 Å². The van der Waals surface area contributed by atoms with E-state index in [-0.39, 0.29) is 35.2 Å². The summed E-state index contributed by atoms with van der Waals surface area (Å²) in [5.74, 6) is -1.48. The fourth-order valence-corrected chi connectivity index (χ4v) is 5.25. The van der Waals surface area contributed by atoms with Crippen molar-refractivity contribution in [3.8, 4) is 0 Å². The van der Waals surface area contributed by atoms with Gasteiger partial charge in [0.05, 0.1) is 6.04 Å². The van der Waals surface area contributed by atoms with E-state index in [2.05, 4.69) is 9.88 Å². The number of nitrogens with zero attached hydrogens (tertiary/aromatic N) is 4. The number of amides is 2. The van der Waals surface area contributed by atoms with E-state index in [9.17, 15) is 18.0 Å². The number of benzene rings is 2. The van der Waals surface area contributed by atoms with Crippen molar-refractivity contribution in [3.05, 3.63) is 71.7 Å². The predicted octanol–water partition coefficient (Wildman–Crippen LogP) is 4.44. The molecule has 0 N–H and O–H groups in total. The highest BCUT2D eigenvalue weighted by atomic mass is 19.1. The van der Waals surface area contributed by atoms with E-state index >= 15 is 0 Å². The lowest BCUT2D eigenvalue weighted by molar-refractivity contribution is 0.159. The molecule has 2 aliphatic rings. The molecule has 2 aromatic carbocycles. The van der Waals surface area contributed by atoms with E-state index in [0.29, 0.717) is 30.7 Å². The van der Waals surface area contributed by atoms with Gasteiger partial charge in [0, 0.05) is 68.9 Å². The third-order valence-corrected chi connectivity index (χ3v) is 6.56. The number of pyridine rings is 1. The molecule has 0 radical (unpaired) electrons. The van der Waals surface area contributed by atoms with Crippen molar-refractivity contribution in [2.45, 2.75) is 6.04 Å². The Hall–Kier alpha value is -3.29. The Labute approximate surface area is 184 Å². The lowest BCUT2D eigenvalue weighted by Crippen LogP contribution is -2.41. The molecule has 3 aromatic rings. The number of aromatic nitrogens is 1. The van der Waals surface area contributed by atoms with Crippen LogP contribution >= 0.6 is 0 Å². The first-order chi connectivity index (χ1) is 15.3. The van der Waals surface area contributed by atoms with Crippen LogP contribution in [0.2, 0.25) is 0 Å². The molecule has 5 nitrogen and oxygen atoms in total. The summed E-state index contributed by atoms with van der Waals surface area (Å²) in [4.78, 5) is 22.4. The molecular weight excluding hydrogens is 417 g/mol. The van der Waals surface area contributed by atoms with Crippen LogP contribution < -0.4 is 4.90 Å². The Morgan fingerprint density at radius 2 is 1.84 bits per heavy atom. The van der Waals surface area contributed by atoms with Crippen molar-refractivity contribution in [3.63, 3.8) is 0 Å². The summed E-state index contributed by atoms with van der Waals surface area (Å²) in [6.07, 6.45) is 1.53. The van der Waals surface area contributed by atoms with E-state index in [0.717, 1.165) is 11.6 Å². The predicted molar refractivity (Wildman–Crippen MR) is 116 cm³/mol. The number of fused-ring (bicyclic) bond motifs is 2. The molecule has 2 fully saturated rings. The van der Waals surface area contributed by atoms with Gasteiger partial charge in [-0.05, 0) is 29.8 Å². The first kappa shape index (κ1) is 20.6. The molecule has 5 rings (SSSR count). The lowest BCUT2D eigenvalue weighted by Gasteiger charge is -2.32. The van der Waals surface area contributed by atoms with Gasteiger partial charge in [-0.1, -0.05) is 12.1 Å². The van der Waals surface area contributed by atoms with Gasteiger partial charge in [0.2, 0.25) is 0 Å². The van der Waals surface area contributed by atoms with Crippen molar-refractivity contribution in [1.82, 2.24) is 14.8 Å². The molecule has 3 atom stereocenters. The second kappa shape index (κ2) is 7.69. The summed E-state index contributed by atoms with van der Waals surface area (Å²) in [5, 5.41) is 0.425. The van der Waals surface area contributed by atoms with E-state index in [1.54, 1.807) is 26.2 Å². The Morgan fingerprint density at radius 3 is 2.59 bits per heavy atom. The third kappa shape index (κ3) is 3.34. The molecule has 1 aromatic heterocycles. The molecule has 0 bridgehead atoms. The number of hydrogen-bond acceptors (Lipinski definition) is 3. The standard InChI is InChI=1S/C24H23F3N4O/c1-29(2)24(32)31-12-15-11-30(13-19(15)23(31)14-4-3-5-16(25)8-14)21-6-7-28-22-18(21)9-17(26)10-20(22)27/h3-10,15,19,23H,11-13H2,1-2H3/t15-,19-,23-/m1/s1. The zero-order chi connectivity index (χ0) is 22.6. The Balaban J connectivity index is 1.52. The summed E-state index contributed by atoms with van der Waals surface area (Å²) in [5.41, 5.74) is 1.60. The van der Waals surface area contributed by atoms with Crippen LogP contribution in [0.25, 0.3) is 10.9 Å². The summed E-state index contributed by atoms with van der Waals surface area (Å²) < 4.78 is 42.3. The lowest BCUT2D eigenvalue weighted by atomic mass is 9.89. The quantitative estimate of drug-likeness (QED) is 0.592. The minimum absolute atomic E-state index is 0.0577. The molecule has 2 saturated heterocycles. The highest BCUT2D eigenvalue weighted by Crippen LogP contribution is 2.47. The van der Waals surface area contributed by atoms with Crippen LogP contribution in [0.4, 0.5) is 23.7 Å². The molecule has 166 valence electrons. The Bertz CT molecular complexity index is 1200. The van der Waals surface area contributed by atoms with Crippen LogP contribution in [-0.2, 0) is 0 Å². The largest absolute Gasteiger partial charge is 0.370 e. The van der Waals surface area contributed by atoms with Gasteiger partial charge in [-0.2, -0.15) is 0 Å². The molecule has 2 amide bonds. The summed E-state index contributed by atoms with van der Waals surface area (Å²) in [7, 11) is 3.41. The van der Waals surface area contributed by atoms with Crippen molar-refractivity contribution < 1.29 is 18.0 Å². The van der Waals surface area contributed by atoms with Gasteiger partial charge in [0.1, 0.15) is 17.2 Å². The fourth-order valence-electron chi connectivity index (χ4n) is 5.25. The first-order valence-electron chi connectivity index (χ1n) is 10.6. The van der Waals surface area contributed by atoms with Crippen LogP contribution in [0.3, 0.4) is 0 Å². The highest BCUT2D eigenvalue weighted by Gasteiger charge is 2.49. The zero-order valence-corrected chi connectivity index (χ0v) is 17.8. The van der Waals surface area contributed by atoms with Crippen LogP contribution in [-0.4, -0.2) is 54.5 Å². The second-order valence-electron chi connectivity index (χ2n) is 8.77. The minimum atomic E-state index is -0.693. The minimum Gasteiger partial charge on any atom is -0.370 e. The van der Waals surface area contributed by atoms with Crippen molar-refractivity contribution in [2.24, 2.45) is 11.8 Å². The maximum atomic E-state index is 14.3. The van der Waals surface area contributed by atoms with Crippen molar-refractivity contribution in [1.29, 1.82) is 0 Å². The van der Waals surface area contributed by atoms with Crippen LogP contribution in [0.15, 0.2) is 48.7 Å².